The first kappa shape index (κ1) is 17.8. The lowest BCUT2D eigenvalue weighted by Crippen LogP contribution is -2.50. The number of carbonyl (C=O) groups is 1. The van der Waals surface area contributed by atoms with Crippen molar-refractivity contribution < 1.29 is 9.53 Å². The van der Waals surface area contributed by atoms with E-state index in [1.165, 1.54) is 6.08 Å². The largest absolute Gasteiger partial charge is 0.424 e. The van der Waals surface area contributed by atoms with Gasteiger partial charge in [-0.2, -0.15) is 0 Å². The Labute approximate surface area is 162 Å². The number of carbonyl (C=O) groups excluding carboxylic acids is 1. The minimum Gasteiger partial charge on any atom is -0.424 e. The van der Waals surface area contributed by atoms with Crippen LogP contribution in [0, 0.1) is 5.92 Å². The van der Waals surface area contributed by atoms with Gasteiger partial charge in [0.05, 0.1) is 17.6 Å². The first-order chi connectivity index (χ1) is 13.7. The zero-order chi connectivity index (χ0) is 19.3. The maximum Gasteiger partial charge on any atom is 0.321 e. The Balaban J connectivity index is 1.40. The molecular weight excluding hydrogens is 354 g/mol. The average Bonchev–Trinajstić information content (AvgIpc) is 2.71. The van der Waals surface area contributed by atoms with Crippen molar-refractivity contribution in [3.05, 3.63) is 73.5 Å². The summed E-state index contributed by atoms with van der Waals surface area (Å²) in [5, 5.41) is 0. The molecule has 1 aromatic carbocycles. The van der Waals surface area contributed by atoms with Crippen molar-refractivity contribution in [2.75, 3.05) is 13.1 Å². The number of benzene rings is 1. The molecule has 1 fully saturated rings. The van der Waals surface area contributed by atoms with Gasteiger partial charge in [0.25, 0.3) is 0 Å². The molecule has 3 aromatic rings. The van der Waals surface area contributed by atoms with Gasteiger partial charge in [-0.25, -0.2) is 15.0 Å². The van der Waals surface area contributed by atoms with Crippen LogP contribution in [0.5, 0.6) is 11.8 Å². The number of amides is 1. The number of aromatic nitrogens is 4. The molecule has 0 bridgehead atoms. The van der Waals surface area contributed by atoms with Gasteiger partial charge in [-0.05, 0) is 30.5 Å². The summed E-state index contributed by atoms with van der Waals surface area (Å²) in [5.74, 6) is 1.05. The standard InChI is InChI=1S/C21H19N5O2/c1-2-20(27)26-13-15(14-26)8-17-11-22-12-19(25-17)16-9-23-21(24-10-16)28-18-6-4-3-5-7-18/h2-7,9-12,15H,1,8,13-14H2. The van der Waals surface area contributed by atoms with Gasteiger partial charge < -0.3 is 9.64 Å². The van der Waals surface area contributed by atoms with E-state index in [0.29, 0.717) is 17.4 Å². The van der Waals surface area contributed by atoms with Crippen molar-refractivity contribution in [2.24, 2.45) is 5.92 Å². The third-order valence-electron chi connectivity index (χ3n) is 4.50. The van der Waals surface area contributed by atoms with Crippen LogP contribution in [0.4, 0.5) is 0 Å². The Kier molecular flexibility index (Phi) is 5.05. The van der Waals surface area contributed by atoms with E-state index in [0.717, 1.165) is 30.8 Å². The van der Waals surface area contributed by atoms with Gasteiger partial charge in [0.2, 0.25) is 5.91 Å². The van der Waals surface area contributed by atoms with E-state index in [2.05, 4.69) is 26.5 Å². The lowest BCUT2D eigenvalue weighted by molar-refractivity contribution is -0.132. The smallest absolute Gasteiger partial charge is 0.321 e. The number of para-hydroxylation sites is 1. The van der Waals surface area contributed by atoms with Crippen molar-refractivity contribution in [1.82, 2.24) is 24.8 Å². The van der Waals surface area contributed by atoms with Crippen molar-refractivity contribution in [3.8, 4) is 23.0 Å². The third-order valence-corrected chi connectivity index (χ3v) is 4.50. The van der Waals surface area contributed by atoms with E-state index in [1.54, 1.807) is 29.7 Å². The summed E-state index contributed by atoms with van der Waals surface area (Å²) in [7, 11) is 0. The van der Waals surface area contributed by atoms with Crippen LogP contribution in [0.1, 0.15) is 5.69 Å². The number of hydrogen-bond acceptors (Lipinski definition) is 6. The van der Waals surface area contributed by atoms with E-state index in [4.69, 9.17) is 4.74 Å². The zero-order valence-corrected chi connectivity index (χ0v) is 15.2. The number of nitrogens with zero attached hydrogens (tertiary/aromatic N) is 5. The van der Waals surface area contributed by atoms with Crippen LogP contribution >= 0.6 is 0 Å². The molecule has 0 spiro atoms. The first-order valence-corrected chi connectivity index (χ1v) is 8.99. The zero-order valence-electron chi connectivity index (χ0n) is 15.2. The molecule has 0 aliphatic carbocycles. The number of ether oxygens (including phenoxy) is 1. The molecule has 0 unspecified atom stereocenters. The summed E-state index contributed by atoms with van der Waals surface area (Å²) in [6, 6.07) is 9.66. The normalized spacial score (nSPS) is 13.6. The van der Waals surface area contributed by atoms with Crippen molar-refractivity contribution in [1.29, 1.82) is 0 Å². The number of rotatable bonds is 6. The highest BCUT2D eigenvalue weighted by atomic mass is 16.5. The molecule has 2 aromatic heterocycles. The maximum atomic E-state index is 11.5. The highest BCUT2D eigenvalue weighted by Gasteiger charge is 2.29. The Morgan fingerprint density at radius 1 is 1.14 bits per heavy atom. The van der Waals surface area contributed by atoms with Crippen molar-refractivity contribution >= 4 is 5.91 Å². The summed E-state index contributed by atoms with van der Waals surface area (Å²) in [6.45, 7) is 4.97. The summed E-state index contributed by atoms with van der Waals surface area (Å²) < 4.78 is 5.61. The van der Waals surface area contributed by atoms with E-state index in [1.807, 2.05) is 30.3 Å². The Bertz CT molecular complexity index is 970. The quantitative estimate of drug-likeness (QED) is 0.618. The van der Waals surface area contributed by atoms with E-state index < -0.39 is 0 Å². The van der Waals surface area contributed by atoms with Crippen LogP contribution < -0.4 is 4.74 Å². The molecule has 3 heterocycles. The lowest BCUT2D eigenvalue weighted by Gasteiger charge is -2.38. The highest BCUT2D eigenvalue weighted by molar-refractivity contribution is 5.87. The fourth-order valence-corrected chi connectivity index (χ4v) is 3.04. The van der Waals surface area contributed by atoms with Gasteiger partial charge in [-0.15, -0.1) is 0 Å². The van der Waals surface area contributed by atoms with E-state index in [9.17, 15) is 4.79 Å². The topological polar surface area (TPSA) is 81.1 Å². The number of likely N-dealkylation sites (tertiary alicyclic amines) is 1. The SMILES string of the molecule is C=CC(=O)N1CC(Cc2cncc(-c3cnc(Oc4ccccc4)nc3)n2)C1. The minimum atomic E-state index is -0.0222. The molecule has 7 nitrogen and oxygen atoms in total. The monoisotopic (exact) mass is 373 g/mol. The third kappa shape index (κ3) is 4.03. The van der Waals surface area contributed by atoms with E-state index >= 15 is 0 Å². The number of hydrogen-bond donors (Lipinski definition) is 0. The van der Waals surface area contributed by atoms with Crippen LogP contribution in [-0.4, -0.2) is 43.8 Å². The second-order valence-electron chi connectivity index (χ2n) is 6.58. The fourth-order valence-electron chi connectivity index (χ4n) is 3.04. The lowest BCUT2D eigenvalue weighted by atomic mass is 9.94. The first-order valence-electron chi connectivity index (χ1n) is 8.99. The summed E-state index contributed by atoms with van der Waals surface area (Å²) in [5.41, 5.74) is 2.37. The van der Waals surface area contributed by atoms with Gasteiger partial charge >= 0.3 is 6.01 Å². The highest BCUT2D eigenvalue weighted by Crippen LogP contribution is 2.22. The average molecular weight is 373 g/mol. The molecule has 1 aliphatic rings. The van der Waals surface area contributed by atoms with Crippen LogP contribution in [0.3, 0.4) is 0 Å². The van der Waals surface area contributed by atoms with Crippen LogP contribution in [0.2, 0.25) is 0 Å². The molecular formula is C21H19N5O2. The van der Waals surface area contributed by atoms with Gasteiger partial charge in [0.1, 0.15) is 5.75 Å². The second kappa shape index (κ2) is 7.96. The molecule has 0 saturated carbocycles. The molecule has 140 valence electrons. The summed E-state index contributed by atoms with van der Waals surface area (Å²) >= 11 is 0. The molecule has 0 N–H and O–H groups in total. The molecule has 1 aliphatic heterocycles. The van der Waals surface area contributed by atoms with Gasteiger partial charge in [-0.3, -0.25) is 9.78 Å². The molecule has 1 saturated heterocycles. The molecule has 0 radical (unpaired) electrons. The second-order valence-corrected chi connectivity index (χ2v) is 6.58. The van der Waals surface area contributed by atoms with Gasteiger partial charge in [-0.1, -0.05) is 24.8 Å². The van der Waals surface area contributed by atoms with E-state index in [-0.39, 0.29) is 11.9 Å². The predicted molar refractivity (Wildman–Crippen MR) is 104 cm³/mol. The van der Waals surface area contributed by atoms with Crippen molar-refractivity contribution in [3.63, 3.8) is 0 Å². The molecule has 0 atom stereocenters. The molecule has 7 heteroatoms. The van der Waals surface area contributed by atoms with Gasteiger partial charge in [0.15, 0.2) is 0 Å². The van der Waals surface area contributed by atoms with Crippen LogP contribution in [-0.2, 0) is 11.2 Å². The Morgan fingerprint density at radius 3 is 2.61 bits per heavy atom. The minimum absolute atomic E-state index is 0.0222. The van der Waals surface area contributed by atoms with Crippen LogP contribution in [0.25, 0.3) is 11.3 Å². The van der Waals surface area contributed by atoms with Crippen molar-refractivity contribution in [2.45, 2.75) is 6.42 Å². The summed E-state index contributed by atoms with van der Waals surface area (Å²) in [4.78, 5) is 30.8. The van der Waals surface area contributed by atoms with Crippen LogP contribution in [0.15, 0.2) is 67.8 Å². The Morgan fingerprint density at radius 2 is 1.89 bits per heavy atom. The molecule has 1 amide bonds. The fraction of sp³-hybridized carbons (Fsp3) is 0.190. The molecule has 4 rings (SSSR count). The Hall–Kier alpha value is -3.61. The molecule has 28 heavy (non-hydrogen) atoms. The maximum absolute atomic E-state index is 11.5. The van der Waals surface area contributed by atoms with Gasteiger partial charge in [0, 0.05) is 37.2 Å². The predicted octanol–water partition coefficient (Wildman–Crippen LogP) is 2.91. The summed E-state index contributed by atoms with van der Waals surface area (Å²) in [6.07, 6.45) is 8.92.